The number of benzene rings is 1. The maximum Gasteiger partial charge on any atom is 0.339 e. The molecular weight excluding hydrogens is 600 g/mol. The van der Waals surface area contributed by atoms with Gasteiger partial charge in [0.1, 0.15) is 11.5 Å². The lowest BCUT2D eigenvalue weighted by Gasteiger charge is -2.15. The Labute approximate surface area is 237 Å². The lowest BCUT2D eigenvalue weighted by Crippen LogP contribution is -2.31. The number of carbonyl (C=O) groups is 2. The number of methoxy groups -OCH3 is 1. The van der Waals surface area contributed by atoms with Gasteiger partial charge in [0.2, 0.25) is 4.80 Å². The highest BCUT2D eigenvalue weighted by Crippen LogP contribution is 2.33. The topological polar surface area (TPSA) is 198 Å². The van der Waals surface area contributed by atoms with E-state index in [4.69, 9.17) is 32.2 Å². The van der Waals surface area contributed by atoms with Crippen LogP contribution in [0.2, 0.25) is 5.02 Å². The van der Waals surface area contributed by atoms with Crippen LogP contribution >= 0.6 is 42.3 Å². The van der Waals surface area contributed by atoms with Crippen LogP contribution in [0.15, 0.2) is 26.8 Å². The highest BCUT2D eigenvalue weighted by molar-refractivity contribution is 8.00. The average Bonchev–Trinajstić information content (AvgIpc) is 3.14. The monoisotopic (exact) mass is 631 g/mol. The number of nitrogens with two attached hydrogens (primary N) is 1. The number of carboxylic acid groups (broad SMARTS) is 1. The van der Waals surface area contributed by atoms with Gasteiger partial charge in [0.15, 0.2) is 0 Å². The summed E-state index contributed by atoms with van der Waals surface area (Å²) in [7, 11) is -2.80. The number of nitrogens with zero attached hydrogens (tertiary/aromatic N) is 3. The minimum Gasteiger partial charge on any atom is -0.480 e. The first-order valence-corrected chi connectivity index (χ1v) is 15.4. The van der Waals surface area contributed by atoms with Crippen LogP contribution in [0.1, 0.15) is 26.7 Å². The molecule has 1 aromatic carbocycles. The van der Waals surface area contributed by atoms with Gasteiger partial charge in [-0.3, -0.25) is 28.9 Å². The van der Waals surface area contributed by atoms with Crippen molar-refractivity contribution in [1.29, 1.82) is 0 Å². The van der Waals surface area contributed by atoms with Crippen LogP contribution in [0.25, 0.3) is 0 Å². The Morgan fingerprint density at radius 3 is 2.44 bits per heavy atom. The fraction of sp³-hybridized carbons (Fsp3) is 0.524. The Hall–Kier alpha value is -2.04. The van der Waals surface area contributed by atoms with Gasteiger partial charge in [-0.2, -0.15) is 0 Å². The van der Waals surface area contributed by atoms with Gasteiger partial charge in [-0.15, -0.1) is 11.8 Å². The molecule has 0 atom stereocenters. The summed E-state index contributed by atoms with van der Waals surface area (Å²) in [6.45, 7) is 4.77. The van der Waals surface area contributed by atoms with Crippen LogP contribution in [0.4, 0.5) is 10.1 Å². The van der Waals surface area contributed by atoms with E-state index >= 15 is 0 Å². The zero-order valence-corrected chi connectivity index (χ0v) is 24.8. The molecule has 220 valence electrons. The summed E-state index contributed by atoms with van der Waals surface area (Å²) in [5, 5.41) is 10.3. The SMILES string of the molecule is CC(C)N.COC(=O)CSc1cc(/N=c2\sc(=O)n3n2CCCC3)c(F)cc1Cl.O=C(O)CNCP(=O)(O)O. The molecule has 0 unspecified atom stereocenters. The number of aliphatic carboxylic acids is 1. The van der Waals surface area contributed by atoms with Gasteiger partial charge in [-0.05, 0) is 42.4 Å². The van der Waals surface area contributed by atoms with Gasteiger partial charge in [0.05, 0.1) is 30.7 Å². The molecule has 0 saturated heterocycles. The molecule has 1 aliphatic heterocycles. The second-order valence-corrected chi connectivity index (χ2v) is 12.2. The maximum absolute atomic E-state index is 14.3. The summed E-state index contributed by atoms with van der Waals surface area (Å²) < 4.78 is 32.3. The summed E-state index contributed by atoms with van der Waals surface area (Å²) in [6, 6.07) is 2.98. The predicted octanol–water partition coefficient (Wildman–Crippen LogP) is 1.94. The lowest BCUT2D eigenvalue weighted by atomic mass is 10.3. The number of carboxylic acids is 1. The van der Waals surface area contributed by atoms with E-state index in [9.17, 15) is 23.3 Å². The number of aromatic nitrogens is 2. The zero-order valence-electron chi connectivity index (χ0n) is 21.5. The van der Waals surface area contributed by atoms with Crippen LogP contribution in [0, 0.1) is 5.82 Å². The Morgan fingerprint density at radius 2 is 1.90 bits per heavy atom. The summed E-state index contributed by atoms with van der Waals surface area (Å²) in [6.07, 6.45) is 1.30. The number of fused-ring (bicyclic) bond motifs is 1. The second-order valence-electron chi connectivity index (χ2n) is 8.20. The molecule has 18 heteroatoms. The van der Waals surface area contributed by atoms with Gasteiger partial charge in [-0.25, -0.2) is 14.1 Å². The Kier molecular flexibility index (Phi) is 15.2. The third-order valence-corrected chi connectivity index (χ3v) is 7.24. The first-order valence-electron chi connectivity index (χ1n) is 11.4. The first-order chi connectivity index (χ1) is 18.1. The standard InChI is InChI=1S/C15H15ClFN3O3S2.C3H8NO5P.C3H9N/c1-23-13(21)8-24-12-7-11(10(17)6-9(12)16)18-14-19-4-2-3-5-20(19)15(22)25-14;5-3(6)1-4-2-10(7,8)9;1-3(2)4/h6-7H,2-5,8H2,1H3;4H,1-2H2,(H,5,6)(H2,7,8,9);3H,4H2,1-2H3/b18-14-;;. The molecule has 0 fully saturated rings. The van der Waals surface area contributed by atoms with Crippen molar-refractivity contribution in [2.75, 3.05) is 25.7 Å². The van der Waals surface area contributed by atoms with Crippen LogP contribution in [-0.2, 0) is 32.0 Å². The molecule has 1 aromatic heterocycles. The number of ether oxygens (including phenoxy) is 1. The minimum atomic E-state index is -4.10. The average molecular weight is 632 g/mol. The molecule has 0 aliphatic carbocycles. The van der Waals surface area contributed by atoms with Crippen LogP contribution in [0.3, 0.4) is 0 Å². The van der Waals surface area contributed by atoms with E-state index in [0.29, 0.717) is 28.8 Å². The lowest BCUT2D eigenvalue weighted by molar-refractivity contribution is -0.137. The first kappa shape index (κ1) is 35.0. The fourth-order valence-electron chi connectivity index (χ4n) is 2.74. The molecule has 2 heterocycles. The summed E-state index contributed by atoms with van der Waals surface area (Å²) in [4.78, 5) is 54.6. The Balaban J connectivity index is 0.000000453. The second kappa shape index (κ2) is 16.9. The minimum absolute atomic E-state index is 0.0605. The zero-order chi connectivity index (χ0) is 29.8. The number of esters is 1. The van der Waals surface area contributed by atoms with E-state index in [2.05, 4.69) is 15.0 Å². The molecule has 6 N–H and O–H groups in total. The molecule has 0 amide bonds. The molecule has 3 rings (SSSR count). The van der Waals surface area contributed by atoms with E-state index in [1.165, 1.54) is 13.2 Å². The van der Waals surface area contributed by atoms with Crippen LogP contribution in [-0.4, -0.2) is 67.9 Å². The highest BCUT2D eigenvalue weighted by atomic mass is 35.5. The number of hydrogen-bond acceptors (Lipinski definition) is 10. The number of rotatable bonds is 8. The van der Waals surface area contributed by atoms with E-state index in [1.54, 1.807) is 9.36 Å². The van der Waals surface area contributed by atoms with E-state index < -0.39 is 38.2 Å². The molecule has 39 heavy (non-hydrogen) atoms. The largest absolute Gasteiger partial charge is 0.480 e. The van der Waals surface area contributed by atoms with E-state index in [0.717, 1.165) is 42.0 Å². The predicted molar refractivity (Wildman–Crippen MR) is 147 cm³/mol. The van der Waals surface area contributed by atoms with Crippen molar-refractivity contribution in [2.24, 2.45) is 10.7 Å². The number of thioether (sulfide) groups is 1. The summed E-state index contributed by atoms with van der Waals surface area (Å²) in [5.41, 5.74) is 5.19. The van der Waals surface area contributed by atoms with Crippen molar-refractivity contribution >= 4 is 59.9 Å². The van der Waals surface area contributed by atoms with Crippen molar-refractivity contribution in [2.45, 2.75) is 50.7 Å². The number of carbonyl (C=O) groups excluding carboxylic acids is 1. The molecular formula is C21H32ClFN5O8PS2. The molecule has 2 aromatic rings. The Morgan fingerprint density at radius 1 is 1.31 bits per heavy atom. The van der Waals surface area contributed by atoms with Gasteiger partial charge in [-0.1, -0.05) is 25.4 Å². The van der Waals surface area contributed by atoms with E-state index in [-0.39, 0.29) is 21.3 Å². The quantitative estimate of drug-likeness (QED) is 0.162. The number of nitrogens with one attached hydrogen (secondary N) is 1. The smallest absolute Gasteiger partial charge is 0.339 e. The molecule has 1 aliphatic rings. The molecule has 0 bridgehead atoms. The van der Waals surface area contributed by atoms with Crippen molar-refractivity contribution in [3.63, 3.8) is 0 Å². The molecule has 0 saturated carbocycles. The maximum atomic E-state index is 14.3. The van der Waals surface area contributed by atoms with Crippen molar-refractivity contribution in [1.82, 2.24) is 14.7 Å². The van der Waals surface area contributed by atoms with Crippen LogP contribution in [0.5, 0.6) is 0 Å². The van der Waals surface area contributed by atoms with Crippen molar-refractivity contribution in [3.05, 3.63) is 37.4 Å². The van der Waals surface area contributed by atoms with Gasteiger partial charge in [0.25, 0.3) is 0 Å². The Bertz CT molecular complexity index is 1290. The van der Waals surface area contributed by atoms with Crippen molar-refractivity contribution in [3.8, 4) is 0 Å². The van der Waals surface area contributed by atoms with Gasteiger partial charge in [0, 0.05) is 18.0 Å². The highest BCUT2D eigenvalue weighted by Gasteiger charge is 2.15. The summed E-state index contributed by atoms with van der Waals surface area (Å²) in [5.74, 6) is -2.07. The van der Waals surface area contributed by atoms with E-state index in [1.807, 2.05) is 13.8 Å². The van der Waals surface area contributed by atoms with Crippen molar-refractivity contribution < 1.29 is 38.2 Å². The molecule has 13 nitrogen and oxygen atoms in total. The third kappa shape index (κ3) is 13.7. The molecule has 0 spiro atoms. The third-order valence-electron chi connectivity index (χ3n) is 4.28. The normalized spacial score (nSPS) is 13.1. The van der Waals surface area contributed by atoms with Gasteiger partial charge >= 0.3 is 24.4 Å². The number of hydrogen-bond donors (Lipinski definition) is 5. The summed E-state index contributed by atoms with van der Waals surface area (Å²) >= 11 is 8.17. The van der Waals surface area contributed by atoms with Gasteiger partial charge < -0.3 is 25.4 Å². The van der Waals surface area contributed by atoms with Crippen LogP contribution < -0.4 is 20.7 Å². The molecule has 0 radical (unpaired) electrons. The number of halogens is 2. The fourth-order valence-corrected chi connectivity index (χ4v) is 5.13.